The molecule has 21 heavy (non-hydrogen) atoms. The molecule has 2 nitrogen and oxygen atoms in total. The van der Waals surface area contributed by atoms with Gasteiger partial charge in [-0.05, 0) is 24.0 Å². The molecule has 0 spiro atoms. The third kappa shape index (κ3) is 5.32. The molecule has 0 aromatic heterocycles. The molecule has 1 rings (SSSR count). The largest absolute Gasteiger partial charge is 0.416 e. The van der Waals surface area contributed by atoms with Crippen molar-refractivity contribution in [1.82, 2.24) is 0 Å². The maximum atomic E-state index is 12.7. The summed E-state index contributed by atoms with van der Waals surface area (Å²) in [5.41, 5.74) is -0.543. The van der Waals surface area contributed by atoms with E-state index >= 15 is 0 Å². The predicted molar refractivity (Wildman–Crippen MR) is 76.0 cm³/mol. The van der Waals surface area contributed by atoms with Crippen molar-refractivity contribution in [3.63, 3.8) is 0 Å². The molecule has 0 amide bonds. The molecule has 120 valence electrons. The second kappa shape index (κ2) is 6.79. The van der Waals surface area contributed by atoms with Crippen LogP contribution in [0, 0.1) is 5.41 Å². The van der Waals surface area contributed by atoms with Gasteiger partial charge >= 0.3 is 6.18 Å². The number of hydrogen-bond donors (Lipinski definition) is 1. The Labute approximate surface area is 123 Å². The lowest BCUT2D eigenvalue weighted by Gasteiger charge is -2.34. The molecule has 2 atom stereocenters. The Morgan fingerprint density at radius 1 is 1.19 bits per heavy atom. The number of ether oxygens (including phenoxy) is 1. The van der Waals surface area contributed by atoms with E-state index in [4.69, 9.17) is 4.74 Å². The summed E-state index contributed by atoms with van der Waals surface area (Å²) < 4.78 is 43.6. The molecule has 2 unspecified atom stereocenters. The first-order valence-corrected chi connectivity index (χ1v) is 7.01. The van der Waals surface area contributed by atoms with E-state index in [-0.39, 0.29) is 11.8 Å². The van der Waals surface area contributed by atoms with Gasteiger partial charge in [0, 0.05) is 13.0 Å². The summed E-state index contributed by atoms with van der Waals surface area (Å²) in [6, 6.07) is 5.05. The van der Waals surface area contributed by atoms with Crippen molar-refractivity contribution in [2.24, 2.45) is 5.41 Å². The van der Waals surface area contributed by atoms with Crippen LogP contribution in [0.1, 0.15) is 38.8 Å². The molecule has 1 aromatic rings. The molecule has 1 aromatic carbocycles. The number of alkyl halides is 3. The summed E-state index contributed by atoms with van der Waals surface area (Å²) in [5.74, 6) is 0. The fraction of sp³-hybridized carbons (Fsp3) is 0.625. The van der Waals surface area contributed by atoms with Gasteiger partial charge in [-0.2, -0.15) is 13.2 Å². The summed E-state index contributed by atoms with van der Waals surface area (Å²) >= 11 is 0. The van der Waals surface area contributed by atoms with Crippen molar-refractivity contribution in [2.75, 3.05) is 6.61 Å². The van der Waals surface area contributed by atoms with Gasteiger partial charge in [0.2, 0.25) is 0 Å². The summed E-state index contributed by atoms with van der Waals surface area (Å²) in [6.45, 7) is 8.07. The van der Waals surface area contributed by atoms with Crippen LogP contribution < -0.4 is 0 Å². The minimum Gasteiger partial charge on any atom is -0.390 e. The van der Waals surface area contributed by atoms with Crippen molar-refractivity contribution in [2.45, 2.75) is 52.5 Å². The third-order valence-electron chi connectivity index (χ3n) is 3.25. The zero-order valence-corrected chi connectivity index (χ0v) is 12.9. The van der Waals surface area contributed by atoms with Gasteiger partial charge in [-0.3, -0.25) is 0 Å². The standard InChI is InChI=1S/C16H23F3O2/c1-5-21-14(15(2,3)4)13(20)10-11-7-6-8-12(9-11)16(17,18)19/h6-9,13-14,20H,5,10H2,1-4H3. The highest BCUT2D eigenvalue weighted by atomic mass is 19.4. The fourth-order valence-electron chi connectivity index (χ4n) is 2.34. The van der Waals surface area contributed by atoms with Crippen LogP contribution in [0.3, 0.4) is 0 Å². The smallest absolute Gasteiger partial charge is 0.390 e. The van der Waals surface area contributed by atoms with Crippen LogP contribution in [0.5, 0.6) is 0 Å². The van der Waals surface area contributed by atoms with Gasteiger partial charge in [0.25, 0.3) is 0 Å². The number of benzene rings is 1. The Kier molecular flexibility index (Phi) is 5.82. The molecular weight excluding hydrogens is 281 g/mol. The molecule has 0 saturated carbocycles. The van der Waals surface area contributed by atoms with Crippen LogP contribution in [0.4, 0.5) is 13.2 Å². The van der Waals surface area contributed by atoms with E-state index in [1.807, 2.05) is 27.7 Å². The summed E-state index contributed by atoms with van der Waals surface area (Å²) in [5, 5.41) is 10.3. The Morgan fingerprint density at radius 3 is 2.29 bits per heavy atom. The van der Waals surface area contributed by atoms with E-state index in [1.165, 1.54) is 6.07 Å². The monoisotopic (exact) mass is 304 g/mol. The molecule has 0 aliphatic carbocycles. The van der Waals surface area contributed by atoms with E-state index in [9.17, 15) is 18.3 Å². The van der Waals surface area contributed by atoms with Crippen LogP contribution >= 0.6 is 0 Å². The first kappa shape index (κ1) is 18.0. The van der Waals surface area contributed by atoms with Crippen LogP contribution in [0.15, 0.2) is 24.3 Å². The van der Waals surface area contributed by atoms with Crippen LogP contribution in [0.25, 0.3) is 0 Å². The lowest BCUT2D eigenvalue weighted by atomic mass is 9.83. The van der Waals surface area contributed by atoms with Crippen LogP contribution in [-0.4, -0.2) is 23.9 Å². The molecule has 5 heteroatoms. The molecule has 1 N–H and O–H groups in total. The zero-order chi connectivity index (χ0) is 16.3. The second-order valence-corrected chi connectivity index (χ2v) is 6.21. The molecular formula is C16H23F3O2. The molecule has 0 radical (unpaired) electrons. The minimum atomic E-state index is -4.37. The molecule has 0 heterocycles. The second-order valence-electron chi connectivity index (χ2n) is 6.21. The molecule has 0 aliphatic heterocycles. The molecule has 0 bridgehead atoms. The van der Waals surface area contributed by atoms with E-state index in [1.54, 1.807) is 6.07 Å². The molecule has 0 saturated heterocycles. The van der Waals surface area contributed by atoms with Gasteiger partial charge in [-0.1, -0.05) is 39.0 Å². The zero-order valence-electron chi connectivity index (χ0n) is 12.9. The Morgan fingerprint density at radius 2 is 1.81 bits per heavy atom. The van der Waals surface area contributed by atoms with Crippen molar-refractivity contribution < 1.29 is 23.0 Å². The maximum Gasteiger partial charge on any atom is 0.416 e. The van der Waals surface area contributed by atoms with Crippen LogP contribution in [0.2, 0.25) is 0 Å². The first-order valence-electron chi connectivity index (χ1n) is 7.01. The van der Waals surface area contributed by atoms with Gasteiger partial charge in [0.1, 0.15) is 0 Å². The highest BCUT2D eigenvalue weighted by Gasteiger charge is 2.33. The van der Waals surface area contributed by atoms with Crippen molar-refractivity contribution in [3.05, 3.63) is 35.4 Å². The highest BCUT2D eigenvalue weighted by Crippen LogP contribution is 2.31. The average Bonchev–Trinajstić information content (AvgIpc) is 2.33. The van der Waals surface area contributed by atoms with E-state index in [0.29, 0.717) is 12.2 Å². The Bertz CT molecular complexity index is 450. The number of aliphatic hydroxyl groups is 1. The lowest BCUT2D eigenvalue weighted by molar-refractivity contribution is -0.137. The molecule has 0 aliphatic rings. The van der Waals surface area contributed by atoms with Gasteiger partial charge in [-0.15, -0.1) is 0 Å². The van der Waals surface area contributed by atoms with Crippen LogP contribution in [-0.2, 0) is 17.3 Å². The van der Waals surface area contributed by atoms with Crippen molar-refractivity contribution >= 4 is 0 Å². The van der Waals surface area contributed by atoms with Gasteiger partial charge in [-0.25, -0.2) is 0 Å². The number of halogens is 3. The van der Waals surface area contributed by atoms with E-state index in [0.717, 1.165) is 12.1 Å². The Balaban J connectivity index is 2.89. The van der Waals surface area contributed by atoms with Crippen molar-refractivity contribution in [3.8, 4) is 0 Å². The topological polar surface area (TPSA) is 29.5 Å². The quantitative estimate of drug-likeness (QED) is 0.889. The summed E-state index contributed by atoms with van der Waals surface area (Å²) in [4.78, 5) is 0. The van der Waals surface area contributed by atoms with E-state index < -0.39 is 23.9 Å². The highest BCUT2D eigenvalue weighted by molar-refractivity contribution is 5.26. The Hall–Kier alpha value is -1.07. The number of rotatable bonds is 5. The number of hydrogen-bond acceptors (Lipinski definition) is 2. The predicted octanol–water partition coefficient (Wildman–Crippen LogP) is 4.06. The van der Waals surface area contributed by atoms with Gasteiger partial charge in [0.15, 0.2) is 0 Å². The van der Waals surface area contributed by atoms with Crippen molar-refractivity contribution in [1.29, 1.82) is 0 Å². The van der Waals surface area contributed by atoms with Gasteiger partial charge < -0.3 is 9.84 Å². The van der Waals surface area contributed by atoms with E-state index in [2.05, 4.69) is 0 Å². The molecule has 0 fully saturated rings. The average molecular weight is 304 g/mol. The normalized spacial score (nSPS) is 15.8. The fourth-order valence-corrected chi connectivity index (χ4v) is 2.34. The minimum absolute atomic E-state index is 0.131. The van der Waals surface area contributed by atoms with Gasteiger partial charge in [0.05, 0.1) is 17.8 Å². The SMILES string of the molecule is CCOC(C(O)Cc1cccc(C(F)(F)F)c1)C(C)(C)C. The third-order valence-corrected chi connectivity index (χ3v) is 3.25. The summed E-state index contributed by atoms with van der Waals surface area (Å²) in [7, 11) is 0. The maximum absolute atomic E-state index is 12.7. The first-order chi connectivity index (χ1) is 9.55. The number of aliphatic hydroxyl groups excluding tert-OH is 1. The lowest BCUT2D eigenvalue weighted by Crippen LogP contribution is -2.41. The summed E-state index contributed by atoms with van der Waals surface area (Å²) in [6.07, 6.45) is -5.53.